The smallest absolute Gasteiger partial charge is 0.379 e. The summed E-state index contributed by atoms with van der Waals surface area (Å²) in [7, 11) is 0. The van der Waals surface area contributed by atoms with Crippen molar-refractivity contribution in [1.82, 2.24) is 0 Å². The van der Waals surface area contributed by atoms with E-state index in [0.29, 0.717) is 0 Å². The van der Waals surface area contributed by atoms with E-state index in [1.54, 1.807) is 0 Å². The van der Waals surface area contributed by atoms with Gasteiger partial charge in [-0.3, -0.25) is 0 Å². The lowest BCUT2D eigenvalue weighted by Gasteiger charge is -2.18. The van der Waals surface area contributed by atoms with Crippen LogP contribution in [0.5, 0.6) is 5.75 Å². The van der Waals surface area contributed by atoms with Crippen molar-refractivity contribution in [2.24, 2.45) is 0 Å². The third-order valence-corrected chi connectivity index (χ3v) is 7.89. The third kappa shape index (κ3) is 5.78. The molecule has 208 valence electrons. The van der Waals surface area contributed by atoms with Crippen molar-refractivity contribution in [2.45, 2.75) is 58.9 Å². The molecule has 0 fully saturated rings. The van der Waals surface area contributed by atoms with Crippen molar-refractivity contribution in [3.8, 4) is 28.0 Å². The SMILES string of the molecule is CCCCCN1/C(=C/c2oc3ccc(-c4ccccc4)cc3[n+]2CCCCC)Oc2ccc(-c3ccccc3)cc21. The second kappa shape index (κ2) is 12.5. The van der Waals surface area contributed by atoms with Crippen LogP contribution in [-0.2, 0) is 6.54 Å². The van der Waals surface area contributed by atoms with Gasteiger partial charge in [0.25, 0.3) is 5.52 Å². The number of hydrogen-bond acceptors (Lipinski definition) is 3. The molecule has 2 heterocycles. The molecule has 1 aliphatic heterocycles. The van der Waals surface area contributed by atoms with E-state index >= 15 is 0 Å². The Labute approximate surface area is 243 Å². The molecule has 0 unspecified atom stereocenters. The van der Waals surface area contributed by atoms with Crippen LogP contribution in [0.4, 0.5) is 5.69 Å². The van der Waals surface area contributed by atoms with E-state index in [1.165, 1.54) is 47.9 Å². The fourth-order valence-corrected chi connectivity index (χ4v) is 5.64. The molecule has 0 spiro atoms. The Kier molecular flexibility index (Phi) is 8.18. The van der Waals surface area contributed by atoms with E-state index in [2.05, 4.69) is 126 Å². The minimum atomic E-state index is 0.827. The van der Waals surface area contributed by atoms with E-state index in [-0.39, 0.29) is 0 Å². The van der Waals surface area contributed by atoms with Gasteiger partial charge in [0.05, 0.1) is 5.69 Å². The highest BCUT2D eigenvalue weighted by Gasteiger charge is 2.30. The molecule has 6 rings (SSSR count). The normalized spacial score (nSPS) is 13.6. The summed E-state index contributed by atoms with van der Waals surface area (Å²) in [5, 5.41) is 0. The van der Waals surface area contributed by atoms with Crippen LogP contribution in [0.15, 0.2) is 107 Å². The summed E-state index contributed by atoms with van der Waals surface area (Å²) in [6.45, 7) is 6.30. The first-order valence-electron chi connectivity index (χ1n) is 15.1. The van der Waals surface area contributed by atoms with Crippen LogP contribution in [0.1, 0.15) is 58.3 Å². The first-order valence-corrected chi connectivity index (χ1v) is 15.1. The Morgan fingerprint density at radius 2 is 1.34 bits per heavy atom. The van der Waals surface area contributed by atoms with Gasteiger partial charge in [-0.05, 0) is 53.3 Å². The van der Waals surface area contributed by atoms with Gasteiger partial charge in [0.1, 0.15) is 6.08 Å². The Morgan fingerprint density at radius 1 is 0.683 bits per heavy atom. The van der Waals surface area contributed by atoms with Crippen molar-refractivity contribution in [3.05, 3.63) is 109 Å². The molecule has 0 aliphatic carbocycles. The van der Waals surface area contributed by atoms with Gasteiger partial charge in [-0.15, -0.1) is 0 Å². The van der Waals surface area contributed by atoms with Gasteiger partial charge in [0.15, 0.2) is 12.3 Å². The molecule has 0 N–H and O–H groups in total. The summed E-state index contributed by atoms with van der Waals surface area (Å²) in [5.74, 6) is 2.55. The summed E-state index contributed by atoms with van der Waals surface area (Å²) in [5.41, 5.74) is 7.95. The second-order valence-electron chi connectivity index (χ2n) is 10.8. The fourth-order valence-electron chi connectivity index (χ4n) is 5.64. The number of ether oxygens (including phenoxy) is 1. The highest BCUT2D eigenvalue weighted by molar-refractivity contribution is 5.80. The molecule has 0 atom stereocenters. The van der Waals surface area contributed by atoms with Gasteiger partial charge in [0, 0.05) is 19.0 Å². The fraction of sp³-hybridized carbons (Fsp3) is 0.270. The summed E-state index contributed by atoms with van der Waals surface area (Å²) < 4.78 is 15.4. The molecule has 0 amide bonds. The molecule has 1 aromatic heterocycles. The molecule has 5 aromatic rings. The first-order chi connectivity index (χ1) is 20.2. The van der Waals surface area contributed by atoms with Crippen LogP contribution in [0.2, 0.25) is 0 Å². The van der Waals surface area contributed by atoms with Crippen molar-refractivity contribution in [2.75, 3.05) is 11.4 Å². The first kappa shape index (κ1) is 26.9. The van der Waals surface area contributed by atoms with Gasteiger partial charge >= 0.3 is 5.89 Å². The molecule has 0 bridgehead atoms. The van der Waals surface area contributed by atoms with Crippen molar-refractivity contribution in [1.29, 1.82) is 0 Å². The van der Waals surface area contributed by atoms with Gasteiger partial charge in [0.2, 0.25) is 11.5 Å². The number of fused-ring (bicyclic) bond motifs is 2. The second-order valence-corrected chi connectivity index (χ2v) is 10.8. The maximum atomic E-state index is 6.53. The Balaban J connectivity index is 1.41. The summed E-state index contributed by atoms with van der Waals surface area (Å²) in [6, 6.07) is 34.1. The van der Waals surface area contributed by atoms with Gasteiger partial charge < -0.3 is 14.1 Å². The lowest BCUT2D eigenvalue weighted by atomic mass is 10.0. The number of aromatic nitrogens is 1. The third-order valence-electron chi connectivity index (χ3n) is 7.89. The predicted molar refractivity (Wildman–Crippen MR) is 169 cm³/mol. The highest BCUT2D eigenvalue weighted by Crippen LogP contribution is 2.42. The van der Waals surface area contributed by atoms with E-state index in [0.717, 1.165) is 60.2 Å². The standard InChI is InChI=1S/C37H39N2O2/c1-3-5-13-23-38-32-25-30(28-15-9-7-10-16-28)19-21-34(32)40-36(38)27-37-39(24-14-6-4-2)33-26-31(20-22-35(33)41-37)29-17-11-8-12-18-29/h7-12,15-22,25-27H,3-6,13-14,23-24H2,1-2H3/q+1. The number of benzene rings is 4. The quantitative estimate of drug-likeness (QED) is 0.123. The summed E-state index contributed by atoms with van der Waals surface area (Å²) in [6.07, 6.45) is 9.02. The lowest BCUT2D eigenvalue weighted by molar-refractivity contribution is -0.678. The van der Waals surface area contributed by atoms with E-state index in [4.69, 9.17) is 9.15 Å². The molecule has 4 aromatic carbocycles. The van der Waals surface area contributed by atoms with Crippen LogP contribution < -0.4 is 14.2 Å². The van der Waals surface area contributed by atoms with Crippen LogP contribution >= 0.6 is 0 Å². The number of rotatable bonds is 11. The minimum Gasteiger partial charge on any atom is -0.438 e. The van der Waals surface area contributed by atoms with E-state index in [9.17, 15) is 0 Å². The zero-order valence-corrected chi connectivity index (χ0v) is 24.2. The Hall–Kier alpha value is -4.31. The molecule has 0 radical (unpaired) electrons. The van der Waals surface area contributed by atoms with Crippen LogP contribution in [0.3, 0.4) is 0 Å². The van der Waals surface area contributed by atoms with Crippen molar-refractivity contribution < 1.29 is 13.7 Å². The molecule has 4 nitrogen and oxygen atoms in total. The van der Waals surface area contributed by atoms with Gasteiger partial charge in [-0.1, -0.05) is 106 Å². The topological polar surface area (TPSA) is 29.5 Å². The average molecular weight is 544 g/mol. The molecule has 0 saturated heterocycles. The minimum absolute atomic E-state index is 0.827. The molecule has 0 saturated carbocycles. The number of anilines is 1. The zero-order chi connectivity index (χ0) is 28.0. The van der Waals surface area contributed by atoms with Crippen LogP contribution in [0, 0.1) is 0 Å². The number of nitrogens with zero attached hydrogens (tertiary/aromatic N) is 2. The number of oxazole rings is 1. The maximum Gasteiger partial charge on any atom is 0.379 e. The van der Waals surface area contributed by atoms with Crippen LogP contribution in [0.25, 0.3) is 39.4 Å². The Morgan fingerprint density at radius 3 is 2.05 bits per heavy atom. The molecule has 4 heteroatoms. The monoisotopic (exact) mass is 543 g/mol. The van der Waals surface area contributed by atoms with Crippen LogP contribution in [-0.4, -0.2) is 6.54 Å². The van der Waals surface area contributed by atoms with Gasteiger partial charge in [-0.2, -0.15) is 4.57 Å². The van der Waals surface area contributed by atoms with Crippen molar-refractivity contribution in [3.63, 3.8) is 0 Å². The average Bonchev–Trinajstić information content (AvgIpc) is 3.54. The molecule has 41 heavy (non-hydrogen) atoms. The molecule has 1 aliphatic rings. The molecular formula is C37H39N2O2+. The number of hydrogen-bond donors (Lipinski definition) is 0. The summed E-state index contributed by atoms with van der Waals surface area (Å²) >= 11 is 0. The maximum absolute atomic E-state index is 6.53. The van der Waals surface area contributed by atoms with E-state index in [1.807, 2.05) is 0 Å². The number of unbranched alkanes of at least 4 members (excludes halogenated alkanes) is 4. The molecular weight excluding hydrogens is 504 g/mol. The van der Waals surface area contributed by atoms with E-state index < -0.39 is 0 Å². The van der Waals surface area contributed by atoms with Crippen molar-refractivity contribution >= 4 is 22.9 Å². The number of aryl methyl sites for hydroxylation is 1. The summed E-state index contributed by atoms with van der Waals surface area (Å²) in [4.78, 5) is 2.33. The zero-order valence-electron chi connectivity index (χ0n) is 24.2. The van der Waals surface area contributed by atoms with Gasteiger partial charge in [-0.25, -0.2) is 0 Å². The largest absolute Gasteiger partial charge is 0.438 e. The lowest BCUT2D eigenvalue weighted by Crippen LogP contribution is -2.36. The predicted octanol–water partition coefficient (Wildman–Crippen LogP) is 9.63. The Bertz CT molecular complexity index is 1640. The highest BCUT2D eigenvalue weighted by atomic mass is 16.5.